The molecule has 8 rings (SSSR count). The van der Waals surface area contributed by atoms with Crippen molar-refractivity contribution in [2.75, 3.05) is 63.9 Å². The summed E-state index contributed by atoms with van der Waals surface area (Å²) in [7, 11) is 0. The molecule has 79 heavy (non-hydrogen) atoms. The van der Waals surface area contributed by atoms with Gasteiger partial charge in [0.05, 0.1) is 52.7 Å². The Morgan fingerprint density at radius 3 is 2.23 bits per heavy atom. The summed E-state index contributed by atoms with van der Waals surface area (Å²) in [5, 5.41) is 27.6. The number of carbonyl (C=O) groups excluding carboxylic acids is 5. The van der Waals surface area contributed by atoms with Crippen molar-refractivity contribution in [1.82, 2.24) is 55.8 Å². The molecule has 6 heterocycles. The van der Waals surface area contributed by atoms with Crippen LogP contribution in [0.4, 0.5) is 5.82 Å². The number of H-pyrrole nitrogens is 1. The van der Waals surface area contributed by atoms with Crippen molar-refractivity contribution >= 4 is 57.6 Å². The van der Waals surface area contributed by atoms with Crippen LogP contribution in [0.3, 0.4) is 0 Å². The number of amides is 5. The lowest BCUT2D eigenvalue weighted by molar-refractivity contribution is -0.144. The van der Waals surface area contributed by atoms with Gasteiger partial charge in [-0.1, -0.05) is 45.0 Å². The average molecular weight is 1100 g/mol. The molecule has 0 spiro atoms. The Labute approximate surface area is 464 Å². The van der Waals surface area contributed by atoms with E-state index in [2.05, 4.69) is 46.1 Å². The van der Waals surface area contributed by atoms with Gasteiger partial charge in [0.25, 0.3) is 11.5 Å². The molecule has 1 unspecified atom stereocenters. The van der Waals surface area contributed by atoms with Crippen LogP contribution < -0.4 is 31.7 Å². The average Bonchev–Trinajstić information content (AvgIpc) is 4.20. The minimum absolute atomic E-state index is 0.0271. The van der Waals surface area contributed by atoms with E-state index < -0.39 is 35.4 Å². The Hall–Kier alpha value is -7.33. The van der Waals surface area contributed by atoms with Crippen molar-refractivity contribution in [3.8, 4) is 21.6 Å². The minimum atomic E-state index is -0.968. The number of carbonyl (C=O) groups is 5. The zero-order valence-electron chi connectivity index (χ0n) is 46.5. The second kappa shape index (κ2) is 25.6. The van der Waals surface area contributed by atoms with Gasteiger partial charge in [-0.05, 0) is 92.6 Å². The predicted octanol–water partition coefficient (Wildman–Crippen LogP) is 5.19. The van der Waals surface area contributed by atoms with Crippen LogP contribution in [0.2, 0.25) is 0 Å². The summed E-state index contributed by atoms with van der Waals surface area (Å²) < 4.78 is 7.55. The van der Waals surface area contributed by atoms with Crippen molar-refractivity contribution in [3.05, 3.63) is 116 Å². The molecule has 2 aliphatic heterocycles. The molecule has 420 valence electrons. The summed E-state index contributed by atoms with van der Waals surface area (Å²) in [6, 6.07) is 15.8. The SMILES string of the molecule is Cc1cc(C)c(CNC(=O)c2cc(-c3ccc(N4CCN(CCNC(=O)CCOCCC(=O)NC(C(=O)N5C[C@H](O)C[C@H]5C(=O)NCc5ccc(-c6scnc6C)cc5)C(C)(C)C)CC4)nc3)cc3c2cnn3C(C)C)c(=O)[nH]1. The lowest BCUT2D eigenvalue weighted by Crippen LogP contribution is -2.57. The van der Waals surface area contributed by atoms with Crippen molar-refractivity contribution in [2.45, 2.75) is 112 Å². The molecule has 2 saturated heterocycles. The molecular weight excluding hydrogens is 1020 g/mol. The number of hydrogen-bond acceptors (Lipinski definition) is 14. The predicted molar refractivity (Wildman–Crippen MR) is 304 cm³/mol. The van der Waals surface area contributed by atoms with Crippen LogP contribution in [0.25, 0.3) is 32.5 Å². The van der Waals surface area contributed by atoms with Gasteiger partial charge in [-0.3, -0.25) is 38.3 Å². The number of nitrogens with one attached hydrogen (secondary N) is 5. The highest BCUT2D eigenvalue weighted by atomic mass is 32.1. The van der Waals surface area contributed by atoms with Gasteiger partial charge in [0.1, 0.15) is 17.9 Å². The fourth-order valence-corrected chi connectivity index (χ4v) is 10.9. The number of fused-ring (bicyclic) bond motifs is 1. The number of aryl methyl sites for hydroxylation is 3. The Bertz CT molecular complexity index is 3190. The van der Waals surface area contributed by atoms with Crippen molar-refractivity contribution in [2.24, 2.45) is 5.41 Å². The lowest BCUT2D eigenvalue weighted by atomic mass is 9.85. The highest BCUT2D eigenvalue weighted by Crippen LogP contribution is 2.32. The second-order valence-electron chi connectivity index (χ2n) is 21.9. The lowest BCUT2D eigenvalue weighted by Gasteiger charge is -2.35. The summed E-state index contributed by atoms with van der Waals surface area (Å²) in [5.41, 5.74) is 8.80. The number of piperazine rings is 1. The summed E-state index contributed by atoms with van der Waals surface area (Å²) in [6.45, 7) is 19.9. The Morgan fingerprint density at radius 2 is 1.57 bits per heavy atom. The number of pyridine rings is 2. The first kappa shape index (κ1) is 57.8. The number of aromatic amines is 1. The fraction of sp³-hybridized carbons (Fsp3) is 0.466. The molecule has 21 heteroatoms. The molecule has 6 aromatic rings. The van der Waals surface area contributed by atoms with Gasteiger partial charge < -0.3 is 45.9 Å². The number of benzene rings is 2. The van der Waals surface area contributed by atoms with E-state index in [0.29, 0.717) is 24.2 Å². The highest BCUT2D eigenvalue weighted by molar-refractivity contribution is 7.13. The number of ether oxygens (including phenoxy) is 1. The maximum Gasteiger partial charge on any atom is 0.253 e. The van der Waals surface area contributed by atoms with E-state index >= 15 is 0 Å². The molecular formula is C58H74N12O8S. The van der Waals surface area contributed by atoms with Gasteiger partial charge in [0.15, 0.2) is 0 Å². The largest absolute Gasteiger partial charge is 0.391 e. The number of β-amino-alcohol motifs (C(OH)–C–C–N with tert-alkyl or cyclic N) is 1. The van der Waals surface area contributed by atoms with Gasteiger partial charge >= 0.3 is 0 Å². The molecule has 0 radical (unpaired) electrons. The first-order valence-corrected chi connectivity index (χ1v) is 27.9. The second-order valence-corrected chi connectivity index (χ2v) is 22.8. The summed E-state index contributed by atoms with van der Waals surface area (Å²) in [4.78, 5) is 98.8. The Kier molecular flexibility index (Phi) is 18.8. The first-order valence-electron chi connectivity index (χ1n) is 27.1. The van der Waals surface area contributed by atoms with Crippen LogP contribution in [0.5, 0.6) is 0 Å². The molecule has 0 bridgehead atoms. The zero-order valence-corrected chi connectivity index (χ0v) is 47.3. The number of hydrogen-bond donors (Lipinski definition) is 6. The Morgan fingerprint density at radius 1 is 0.848 bits per heavy atom. The van der Waals surface area contributed by atoms with E-state index in [1.54, 1.807) is 17.5 Å². The maximum absolute atomic E-state index is 14.0. The van der Waals surface area contributed by atoms with Gasteiger partial charge in [-0.2, -0.15) is 5.10 Å². The summed E-state index contributed by atoms with van der Waals surface area (Å²) in [5.74, 6) is -0.855. The van der Waals surface area contributed by atoms with E-state index in [-0.39, 0.29) is 81.4 Å². The standard InChI is InChI=1S/C58H74N12O8S/c1-35(2)70-47-27-42(26-44(46(47)32-64-70)54(74)62-31-45-36(3)25-37(4)65-55(45)75)41-13-14-49(60-30-41)68-21-19-67(20-22-68)18-17-59-50(72)15-23-78-24-16-51(73)66-53(58(6,7)8)57(77)69-33-43(71)28-48(69)56(76)61-29-39-9-11-40(12-10-39)52-38(5)63-34-79-52/h9-14,25-27,30,32,34-35,43,48,53,71H,15-24,28-29,31,33H2,1-8H3,(H,59,72)(H,61,76)(H,62,74)(H,65,75)(H,66,73)/t43-,48+,53?/m1/s1. The smallest absolute Gasteiger partial charge is 0.253 e. The van der Waals surface area contributed by atoms with E-state index in [9.17, 15) is 33.9 Å². The molecule has 0 aliphatic carbocycles. The van der Waals surface area contributed by atoms with Crippen LogP contribution in [0.1, 0.15) is 98.4 Å². The van der Waals surface area contributed by atoms with Crippen LogP contribution in [-0.4, -0.2) is 146 Å². The first-order chi connectivity index (χ1) is 37.7. The van der Waals surface area contributed by atoms with Crippen LogP contribution >= 0.6 is 11.3 Å². The monoisotopic (exact) mass is 1100 g/mol. The molecule has 3 atom stereocenters. The van der Waals surface area contributed by atoms with E-state index in [4.69, 9.17) is 9.72 Å². The third-order valence-corrected chi connectivity index (χ3v) is 15.5. The highest BCUT2D eigenvalue weighted by Gasteiger charge is 2.44. The van der Waals surface area contributed by atoms with Crippen LogP contribution in [-0.2, 0) is 37.0 Å². The number of aromatic nitrogens is 5. The normalized spacial score (nSPS) is 16.3. The van der Waals surface area contributed by atoms with E-state index in [0.717, 1.165) is 87.0 Å². The number of aliphatic hydroxyl groups excluding tert-OH is 1. The molecule has 2 aliphatic rings. The third-order valence-electron chi connectivity index (χ3n) is 14.6. The summed E-state index contributed by atoms with van der Waals surface area (Å²) >= 11 is 1.57. The number of nitrogens with zero attached hydrogens (tertiary/aromatic N) is 7. The topological polar surface area (TPSA) is 249 Å². The number of likely N-dealkylation sites (tertiary alicyclic amines) is 1. The molecule has 4 aromatic heterocycles. The van der Waals surface area contributed by atoms with Gasteiger partial charge in [-0.15, -0.1) is 11.3 Å². The van der Waals surface area contributed by atoms with E-state index in [1.165, 1.54) is 4.90 Å². The number of anilines is 1. The molecule has 20 nitrogen and oxygen atoms in total. The van der Waals surface area contributed by atoms with Crippen molar-refractivity contribution in [3.63, 3.8) is 0 Å². The number of thiazole rings is 1. The molecule has 6 N–H and O–H groups in total. The molecule has 2 aromatic carbocycles. The maximum atomic E-state index is 14.0. The van der Waals surface area contributed by atoms with Crippen LogP contribution in [0, 0.1) is 26.2 Å². The van der Waals surface area contributed by atoms with Crippen LogP contribution in [0.15, 0.2) is 77.3 Å². The fourth-order valence-electron chi connectivity index (χ4n) is 10.1. The molecule has 2 fully saturated rings. The Balaban J connectivity index is 0.736. The quantitative estimate of drug-likeness (QED) is 0.0509. The van der Waals surface area contributed by atoms with Gasteiger partial charge in [0, 0.05) is 113 Å². The van der Waals surface area contributed by atoms with Crippen molar-refractivity contribution in [1.29, 1.82) is 0 Å². The van der Waals surface area contributed by atoms with Gasteiger partial charge in [0.2, 0.25) is 23.6 Å². The number of rotatable bonds is 21. The van der Waals surface area contributed by atoms with Gasteiger partial charge in [-0.25, -0.2) is 9.97 Å². The third kappa shape index (κ3) is 14.5. The minimum Gasteiger partial charge on any atom is -0.391 e. The van der Waals surface area contributed by atoms with E-state index in [1.807, 2.05) is 126 Å². The summed E-state index contributed by atoms with van der Waals surface area (Å²) in [6.07, 6.45) is 2.83. The molecule has 0 saturated carbocycles. The van der Waals surface area contributed by atoms with Crippen molar-refractivity contribution < 1.29 is 33.8 Å². The number of aliphatic hydroxyl groups is 1. The zero-order chi connectivity index (χ0) is 56.5. The molecule has 5 amide bonds.